The summed E-state index contributed by atoms with van der Waals surface area (Å²) in [4.78, 5) is 25.6. The monoisotopic (exact) mass is 290 g/mol. The molecule has 1 atom stereocenters. The van der Waals surface area contributed by atoms with Gasteiger partial charge in [-0.3, -0.25) is 9.59 Å². The van der Waals surface area contributed by atoms with Crippen LogP contribution in [-0.4, -0.2) is 41.0 Å². The first-order valence-corrected chi connectivity index (χ1v) is 7.34. The van der Waals surface area contributed by atoms with Crippen LogP contribution in [0.2, 0.25) is 0 Å². The third kappa shape index (κ3) is 2.93. The highest BCUT2D eigenvalue weighted by atomic mass is 16.4. The molecule has 5 nitrogen and oxygen atoms in total. The summed E-state index contributed by atoms with van der Waals surface area (Å²) in [5.41, 5.74) is 5.69. The van der Waals surface area contributed by atoms with E-state index in [2.05, 4.69) is 0 Å². The molecular formula is C16H22N2O3. The lowest BCUT2D eigenvalue weighted by molar-refractivity contribution is -0.148. The minimum atomic E-state index is -0.894. The van der Waals surface area contributed by atoms with Gasteiger partial charge >= 0.3 is 5.97 Å². The topological polar surface area (TPSA) is 83.6 Å². The number of hydrogen-bond acceptors (Lipinski definition) is 3. The van der Waals surface area contributed by atoms with E-state index in [1.54, 1.807) is 4.90 Å². The predicted octanol–water partition coefficient (Wildman–Crippen LogP) is 1.37. The van der Waals surface area contributed by atoms with Gasteiger partial charge in [0.2, 0.25) is 5.91 Å². The maximum Gasteiger partial charge on any atom is 0.314 e. The zero-order chi connectivity index (χ0) is 15.5. The Morgan fingerprint density at radius 3 is 2.33 bits per heavy atom. The molecule has 1 aliphatic heterocycles. The summed E-state index contributed by atoms with van der Waals surface area (Å²) in [6, 6.07) is 8.79. The molecule has 0 unspecified atom stereocenters. The number of carboxylic acid groups (broad SMARTS) is 1. The average Bonchev–Trinajstić information content (AvgIpc) is 2.54. The highest BCUT2D eigenvalue weighted by molar-refractivity contribution is 5.84. The number of rotatable bonds is 4. The Bertz CT molecular complexity index is 508. The fraction of sp³-hybridized carbons (Fsp3) is 0.500. The number of carbonyl (C=O) groups is 2. The minimum absolute atomic E-state index is 0.0791. The molecule has 1 heterocycles. The Kier molecular flexibility index (Phi) is 4.63. The molecule has 1 aromatic carbocycles. The first-order valence-electron chi connectivity index (χ1n) is 7.34. The van der Waals surface area contributed by atoms with E-state index in [0.29, 0.717) is 32.4 Å². The molecule has 21 heavy (non-hydrogen) atoms. The molecule has 1 saturated heterocycles. The second-order valence-electron chi connectivity index (χ2n) is 5.59. The third-order valence-corrected chi connectivity index (χ3v) is 4.42. The molecule has 3 N–H and O–H groups in total. The zero-order valence-electron chi connectivity index (χ0n) is 12.3. The van der Waals surface area contributed by atoms with Crippen LogP contribution >= 0.6 is 0 Å². The molecule has 0 aromatic heterocycles. The van der Waals surface area contributed by atoms with E-state index in [-0.39, 0.29) is 5.91 Å². The van der Waals surface area contributed by atoms with Crippen molar-refractivity contribution in [2.75, 3.05) is 13.1 Å². The van der Waals surface area contributed by atoms with Gasteiger partial charge in [-0.15, -0.1) is 0 Å². The molecule has 114 valence electrons. The van der Waals surface area contributed by atoms with Crippen molar-refractivity contribution in [3.8, 4) is 0 Å². The van der Waals surface area contributed by atoms with Crippen molar-refractivity contribution in [3.05, 3.63) is 35.9 Å². The van der Waals surface area contributed by atoms with Crippen LogP contribution in [0.1, 0.15) is 31.7 Å². The standard InChI is InChI=1S/C16H22N2O3/c1-2-13(17)14(19)18-10-8-16(9-11-18,15(20)21)12-6-4-3-5-7-12/h3-7,13H,2,8-11,17H2,1H3,(H,20,21)/t13-/m0/s1. The Labute approximate surface area is 124 Å². The van der Waals surface area contributed by atoms with Crippen LogP contribution in [-0.2, 0) is 15.0 Å². The van der Waals surface area contributed by atoms with Crippen LogP contribution in [0.3, 0.4) is 0 Å². The first-order chi connectivity index (χ1) is 10.0. The zero-order valence-corrected chi connectivity index (χ0v) is 12.3. The number of nitrogens with zero attached hydrogens (tertiary/aromatic N) is 1. The highest BCUT2D eigenvalue weighted by Gasteiger charge is 2.44. The number of likely N-dealkylation sites (tertiary alicyclic amines) is 1. The van der Waals surface area contributed by atoms with Gasteiger partial charge in [-0.1, -0.05) is 37.3 Å². The van der Waals surface area contributed by atoms with Gasteiger partial charge in [-0.25, -0.2) is 0 Å². The minimum Gasteiger partial charge on any atom is -0.481 e. The van der Waals surface area contributed by atoms with E-state index < -0.39 is 17.4 Å². The number of nitrogens with two attached hydrogens (primary N) is 1. The summed E-state index contributed by atoms with van der Waals surface area (Å²) in [7, 11) is 0. The summed E-state index contributed by atoms with van der Waals surface area (Å²) in [5, 5.41) is 9.69. The summed E-state index contributed by atoms with van der Waals surface area (Å²) in [5.74, 6) is -0.898. The lowest BCUT2D eigenvalue weighted by Crippen LogP contribution is -2.52. The van der Waals surface area contributed by atoms with Crippen LogP contribution in [0.25, 0.3) is 0 Å². The van der Waals surface area contributed by atoms with Crippen molar-refractivity contribution in [3.63, 3.8) is 0 Å². The molecule has 0 spiro atoms. The van der Waals surface area contributed by atoms with E-state index in [1.807, 2.05) is 37.3 Å². The number of carbonyl (C=O) groups excluding carboxylic acids is 1. The van der Waals surface area contributed by atoms with Crippen molar-refractivity contribution in [2.24, 2.45) is 5.73 Å². The molecule has 2 rings (SSSR count). The van der Waals surface area contributed by atoms with Crippen molar-refractivity contribution >= 4 is 11.9 Å². The molecule has 0 radical (unpaired) electrons. The third-order valence-electron chi connectivity index (χ3n) is 4.42. The van der Waals surface area contributed by atoms with Crippen molar-refractivity contribution in [2.45, 2.75) is 37.6 Å². The molecule has 0 aliphatic carbocycles. The summed E-state index contributed by atoms with van der Waals surface area (Å²) < 4.78 is 0. The van der Waals surface area contributed by atoms with Crippen molar-refractivity contribution in [1.29, 1.82) is 0 Å². The molecule has 1 aromatic rings. The largest absolute Gasteiger partial charge is 0.481 e. The van der Waals surface area contributed by atoms with E-state index in [9.17, 15) is 14.7 Å². The lowest BCUT2D eigenvalue weighted by atomic mass is 9.72. The van der Waals surface area contributed by atoms with E-state index in [4.69, 9.17) is 5.73 Å². The summed E-state index contributed by atoms with van der Waals surface area (Å²) in [6.45, 7) is 2.75. The first kappa shape index (κ1) is 15.5. The van der Waals surface area contributed by atoms with Gasteiger partial charge in [-0.05, 0) is 24.8 Å². The van der Waals surface area contributed by atoms with Crippen LogP contribution in [0.4, 0.5) is 0 Å². The Balaban J connectivity index is 2.16. The average molecular weight is 290 g/mol. The lowest BCUT2D eigenvalue weighted by Gasteiger charge is -2.40. The molecule has 0 bridgehead atoms. The van der Waals surface area contributed by atoms with Crippen LogP contribution < -0.4 is 5.73 Å². The van der Waals surface area contributed by atoms with Gasteiger partial charge in [0.15, 0.2) is 0 Å². The Morgan fingerprint density at radius 1 is 1.29 bits per heavy atom. The molecular weight excluding hydrogens is 268 g/mol. The number of hydrogen-bond donors (Lipinski definition) is 2. The smallest absolute Gasteiger partial charge is 0.314 e. The maximum atomic E-state index is 12.1. The molecule has 5 heteroatoms. The highest BCUT2D eigenvalue weighted by Crippen LogP contribution is 2.36. The van der Waals surface area contributed by atoms with Crippen molar-refractivity contribution < 1.29 is 14.7 Å². The van der Waals surface area contributed by atoms with Crippen LogP contribution in [0.5, 0.6) is 0 Å². The van der Waals surface area contributed by atoms with Gasteiger partial charge < -0.3 is 15.7 Å². The fourth-order valence-corrected chi connectivity index (χ4v) is 2.90. The SMILES string of the molecule is CC[C@H](N)C(=O)N1CCC(C(=O)O)(c2ccccc2)CC1. The number of amides is 1. The second kappa shape index (κ2) is 6.26. The Hall–Kier alpha value is -1.88. The quantitative estimate of drug-likeness (QED) is 0.877. The second-order valence-corrected chi connectivity index (χ2v) is 5.59. The molecule has 1 aliphatic rings. The van der Waals surface area contributed by atoms with Gasteiger partial charge in [0.1, 0.15) is 0 Å². The summed E-state index contributed by atoms with van der Waals surface area (Å²) in [6.07, 6.45) is 1.45. The number of aliphatic carboxylic acids is 1. The molecule has 1 amide bonds. The summed E-state index contributed by atoms with van der Waals surface area (Å²) >= 11 is 0. The predicted molar refractivity (Wildman–Crippen MR) is 79.8 cm³/mol. The Morgan fingerprint density at radius 2 is 1.86 bits per heavy atom. The maximum absolute atomic E-state index is 12.1. The normalized spacial score (nSPS) is 19.0. The van der Waals surface area contributed by atoms with Gasteiger partial charge in [0.05, 0.1) is 11.5 Å². The number of benzene rings is 1. The van der Waals surface area contributed by atoms with E-state index >= 15 is 0 Å². The number of piperidine rings is 1. The van der Waals surface area contributed by atoms with Gasteiger partial charge in [0.25, 0.3) is 0 Å². The van der Waals surface area contributed by atoms with E-state index in [1.165, 1.54) is 0 Å². The van der Waals surface area contributed by atoms with Gasteiger partial charge in [-0.2, -0.15) is 0 Å². The molecule has 1 fully saturated rings. The van der Waals surface area contributed by atoms with E-state index in [0.717, 1.165) is 5.56 Å². The van der Waals surface area contributed by atoms with Gasteiger partial charge in [0, 0.05) is 13.1 Å². The van der Waals surface area contributed by atoms with Crippen LogP contribution in [0, 0.1) is 0 Å². The van der Waals surface area contributed by atoms with Crippen LogP contribution in [0.15, 0.2) is 30.3 Å². The molecule has 0 saturated carbocycles. The number of carboxylic acids is 1. The fourth-order valence-electron chi connectivity index (χ4n) is 2.90. The van der Waals surface area contributed by atoms with Crippen molar-refractivity contribution in [1.82, 2.24) is 4.90 Å².